The summed E-state index contributed by atoms with van der Waals surface area (Å²) in [7, 11) is 4.11. The van der Waals surface area contributed by atoms with E-state index in [0.29, 0.717) is 6.04 Å². The second-order valence-corrected chi connectivity index (χ2v) is 5.87. The van der Waals surface area contributed by atoms with Gasteiger partial charge in [-0.25, -0.2) is 0 Å². The summed E-state index contributed by atoms with van der Waals surface area (Å²) in [5.74, 6) is 1.98. The van der Waals surface area contributed by atoms with E-state index in [1.165, 1.54) is 5.56 Å². The van der Waals surface area contributed by atoms with E-state index in [4.69, 9.17) is 16.0 Å². The minimum atomic E-state index is 0.336. The van der Waals surface area contributed by atoms with Crippen molar-refractivity contribution >= 4 is 11.6 Å². The first-order chi connectivity index (χ1) is 10.1. The van der Waals surface area contributed by atoms with Crippen molar-refractivity contribution in [2.24, 2.45) is 0 Å². The van der Waals surface area contributed by atoms with Crippen LogP contribution in [0.3, 0.4) is 0 Å². The smallest absolute Gasteiger partial charge is 0.118 e. The summed E-state index contributed by atoms with van der Waals surface area (Å²) in [6, 6.07) is 12.4. The zero-order valence-electron chi connectivity index (χ0n) is 12.9. The Morgan fingerprint density at radius 3 is 2.48 bits per heavy atom. The number of rotatable bonds is 7. The number of aryl methyl sites for hydroxylation is 1. The molecule has 21 heavy (non-hydrogen) atoms. The van der Waals surface area contributed by atoms with E-state index >= 15 is 0 Å². The van der Waals surface area contributed by atoms with Crippen molar-refractivity contribution in [3.63, 3.8) is 0 Å². The Kier molecular flexibility index (Phi) is 5.85. The van der Waals surface area contributed by atoms with Gasteiger partial charge in [-0.2, -0.15) is 0 Å². The Bertz CT molecular complexity index is 550. The van der Waals surface area contributed by atoms with Crippen LogP contribution in [0.2, 0.25) is 5.02 Å². The molecule has 3 nitrogen and oxygen atoms in total. The molecule has 0 aliphatic rings. The molecule has 0 aliphatic heterocycles. The maximum absolute atomic E-state index is 5.94. The van der Waals surface area contributed by atoms with E-state index in [1.54, 1.807) is 0 Å². The summed E-state index contributed by atoms with van der Waals surface area (Å²) >= 11 is 5.94. The molecule has 0 radical (unpaired) electrons. The Balaban J connectivity index is 1.86. The van der Waals surface area contributed by atoms with Gasteiger partial charge in [-0.1, -0.05) is 23.7 Å². The lowest BCUT2D eigenvalue weighted by molar-refractivity contribution is 0.276. The lowest BCUT2D eigenvalue weighted by Crippen LogP contribution is -2.25. The van der Waals surface area contributed by atoms with Gasteiger partial charge in [0.15, 0.2) is 0 Å². The van der Waals surface area contributed by atoms with Gasteiger partial charge in [-0.15, -0.1) is 0 Å². The Morgan fingerprint density at radius 2 is 1.90 bits per heavy atom. The minimum Gasteiger partial charge on any atom is -0.465 e. The zero-order chi connectivity index (χ0) is 15.2. The van der Waals surface area contributed by atoms with Crippen LogP contribution in [-0.4, -0.2) is 25.5 Å². The zero-order valence-corrected chi connectivity index (χ0v) is 13.7. The molecule has 0 spiro atoms. The molecule has 1 aromatic carbocycles. The summed E-state index contributed by atoms with van der Waals surface area (Å²) in [6.45, 7) is 3.81. The van der Waals surface area contributed by atoms with Crippen molar-refractivity contribution in [1.82, 2.24) is 10.2 Å². The van der Waals surface area contributed by atoms with Gasteiger partial charge in [0.05, 0.1) is 6.54 Å². The first kappa shape index (κ1) is 16.1. The predicted molar refractivity (Wildman–Crippen MR) is 87.6 cm³/mol. The van der Waals surface area contributed by atoms with Gasteiger partial charge in [0.2, 0.25) is 0 Å². The van der Waals surface area contributed by atoms with Gasteiger partial charge in [-0.05, 0) is 57.3 Å². The molecule has 2 rings (SSSR count). The van der Waals surface area contributed by atoms with Gasteiger partial charge in [0.25, 0.3) is 0 Å². The molecule has 0 amide bonds. The number of nitrogens with one attached hydrogen (secondary N) is 1. The molecule has 0 saturated carbocycles. The Morgan fingerprint density at radius 1 is 1.19 bits per heavy atom. The molecule has 0 saturated heterocycles. The average Bonchev–Trinajstić information content (AvgIpc) is 2.86. The molecule has 1 heterocycles. The van der Waals surface area contributed by atoms with Crippen molar-refractivity contribution in [3.05, 3.63) is 58.5 Å². The highest BCUT2D eigenvalue weighted by Gasteiger charge is 2.11. The van der Waals surface area contributed by atoms with Crippen LogP contribution in [-0.2, 0) is 6.54 Å². The normalized spacial score (nSPS) is 12.8. The van der Waals surface area contributed by atoms with Gasteiger partial charge in [0, 0.05) is 17.6 Å². The fraction of sp³-hybridized carbons (Fsp3) is 0.412. The van der Waals surface area contributed by atoms with E-state index in [-0.39, 0.29) is 0 Å². The Hall–Kier alpha value is -1.29. The molecule has 1 unspecified atom stereocenters. The molecular formula is C17H23ClN2O. The van der Waals surface area contributed by atoms with Crippen LogP contribution >= 0.6 is 11.6 Å². The average molecular weight is 307 g/mol. The molecule has 1 aromatic heterocycles. The van der Waals surface area contributed by atoms with Gasteiger partial charge >= 0.3 is 0 Å². The van der Waals surface area contributed by atoms with Crippen LogP contribution in [0.1, 0.15) is 29.5 Å². The monoisotopic (exact) mass is 306 g/mol. The van der Waals surface area contributed by atoms with Gasteiger partial charge in [-0.3, -0.25) is 4.90 Å². The number of hydrogen-bond acceptors (Lipinski definition) is 3. The molecule has 0 aliphatic carbocycles. The highest BCUT2D eigenvalue weighted by molar-refractivity contribution is 6.30. The maximum atomic E-state index is 5.94. The highest BCUT2D eigenvalue weighted by atomic mass is 35.5. The molecule has 0 bridgehead atoms. The largest absolute Gasteiger partial charge is 0.465 e. The van der Waals surface area contributed by atoms with E-state index in [9.17, 15) is 0 Å². The molecule has 2 aromatic rings. The number of hydrogen-bond donors (Lipinski definition) is 1. The van der Waals surface area contributed by atoms with Gasteiger partial charge < -0.3 is 9.73 Å². The van der Waals surface area contributed by atoms with Crippen molar-refractivity contribution < 1.29 is 4.42 Å². The van der Waals surface area contributed by atoms with Crippen molar-refractivity contribution in [2.75, 3.05) is 20.6 Å². The second-order valence-electron chi connectivity index (χ2n) is 5.43. The van der Waals surface area contributed by atoms with Crippen LogP contribution < -0.4 is 5.32 Å². The van der Waals surface area contributed by atoms with E-state index in [2.05, 4.69) is 29.4 Å². The third kappa shape index (κ3) is 4.88. The lowest BCUT2D eigenvalue weighted by Gasteiger charge is -2.21. The summed E-state index contributed by atoms with van der Waals surface area (Å²) in [4.78, 5) is 2.28. The van der Waals surface area contributed by atoms with Crippen LogP contribution in [0.15, 0.2) is 40.8 Å². The minimum absolute atomic E-state index is 0.336. The van der Waals surface area contributed by atoms with Crippen LogP contribution in [0.4, 0.5) is 0 Å². The number of furan rings is 1. The number of halogens is 1. The molecule has 1 N–H and O–H groups in total. The van der Waals surface area contributed by atoms with Crippen molar-refractivity contribution in [3.8, 4) is 0 Å². The first-order valence-electron chi connectivity index (χ1n) is 7.25. The standard InChI is InChI=1S/C17H23ClN2O/c1-13-4-9-16(21-13)12-20(3)11-10-17(19-2)14-5-7-15(18)8-6-14/h4-9,17,19H,10-12H2,1-3H3. The SMILES string of the molecule is CNC(CCN(C)Cc1ccc(C)o1)c1ccc(Cl)cc1. The lowest BCUT2D eigenvalue weighted by atomic mass is 10.0. The molecular weight excluding hydrogens is 284 g/mol. The highest BCUT2D eigenvalue weighted by Crippen LogP contribution is 2.19. The summed E-state index contributed by atoms with van der Waals surface area (Å²) < 4.78 is 5.61. The third-order valence-corrected chi connectivity index (χ3v) is 3.89. The molecule has 0 fully saturated rings. The first-order valence-corrected chi connectivity index (χ1v) is 7.63. The van der Waals surface area contributed by atoms with E-state index in [1.807, 2.05) is 38.2 Å². The Labute approximate surface area is 131 Å². The van der Waals surface area contributed by atoms with Crippen molar-refractivity contribution in [1.29, 1.82) is 0 Å². The van der Waals surface area contributed by atoms with Crippen molar-refractivity contribution in [2.45, 2.75) is 25.9 Å². The van der Waals surface area contributed by atoms with Crippen LogP contribution in [0.25, 0.3) is 0 Å². The topological polar surface area (TPSA) is 28.4 Å². The fourth-order valence-electron chi connectivity index (χ4n) is 2.44. The number of benzene rings is 1. The predicted octanol–water partition coefficient (Wildman–Crippen LogP) is 4.02. The summed E-state index contributed by atoms with van der Waals surface area (Å²) in [5, 5.41) is 4.14. The summed E-state index contributed by atoms with van der Waals surface area (Å²) in [6.07, 6.45) is 1.04. The third-order valence-electron chi connectivity index (χ3n) is 3.64. The van der Waals surface area contributed by atoms with Crippen LogP contribution in [0.5, 0.6) is 0 Å². The second kappa shape index (κ2) is 7.64. The van der Waals surface area contributed by atoms with E-state index < -0.39 is 0 Å². The number of nitrogens with zero attached hydrogens (tertiary/aromatic N) is 1. The summed E-state index contributed by atoms with van der Waals surface area (Å²) in [5.41, 5.74) is 1.27. The molecule has 1 atom stereocenters. The van der Waals surface area contributed by atoms with Crippen LogP contribution in [0, 0.1) is 6.92 Å². The van der Waals surface area contributed by atoms with E-state index in [0.717, 1.165) is 36.1 Å². The molecule has 4 heteroatoms. The molecule has 114 valence electrons. The maximum Gasteiger partial charge on any atom is 0.118 e. The quantitative estimate of drug-likeness (QED) is 0.837. The fourth-order valence-corrected chi connectivity index (χ4v) is 2.56. The van der Waals surface area contributed by atoms with Gasteiger partial charge in [0.1, 0.15) is 11.5 Å².